The molecule has 0 aliphatic rings. The van der Waals surface area contributed by atoms with Gasteiger partial charge in [0.2, 0.25) is 0 Å². The molecule has 0 heterocycles. The number of anilines is 1. The summed E-state index contributed by atoms with van der Waals surface area (Å²) < 4.78 is 4.89. The molecule has 80 valence electrons. The molecule has 0 amide bonds. The number of nitrogen functional groups attached to an aromatic ring is 1. The average Bonchev–Trinajstić information content (AvgIpc) is 2.25. The fourth-order valence-electron chi connectivity index (χ4n) is 1.02. The molecule has 0 saturated carbocycles. The Kier molecular flexibility index (Phi) is 4.41. The standard InChI is InChI=1S/C12H15NO2/c1-2-9-15-12(14)8-5-10-3-6-11(13)7-4-10/h3-8H,2,9,13H2,1H3/b8-5+. The topological polar surface area (TPSA) is 52.3 Å². The maximum Gasteiger partial charge on any atom is 0.330 e. The van der Waals surface area contributed by atoms with Crippen molar-refractivity contribution < 1.29 is 9.53 Å². The molecule has 0 fully saturated rings. The maximum absolute atomic E-state index is 11.1. The molecule has 15 heavy (non-hydrogen) atoms. The molecule has 0 unspecified atom stereocenters. The van der Waals surface area contributed by atoms with Crippen LogP contribution in [0.3, 0.4) is 0 Å². The van der Waals surface area contributed by atoms with E-state index in [0.29, 0.717) is 12.3 Å². The van der Waals surface area contributed by atoms with Gasteiger partial charge in [0.05, 0.1) is 6.61 Å². The second kappa shape index (κ2) is 5.86. The quantitative estimate of drug-likeness (QED) is 0.466. The van der Waals surface area contributed by atoms with Crippen LogP contribution in [0.15, 0.2) is 30.3 Å². The Morgan fingerprint density at radius 2 is 2.07 bits per heavy atom. The van der Waals surface area contributed by atoms with E-state index in [-0.39, 0.29) is 5.97 Å². The molecule has 0 atom stereocenters. The number of rotatable bonds is 4. The van der Waals surface area contributed by atoms with Crippen LogP contribution in [0, 0.1) is 0 Å². The SMILES string of the molecule is CCCOC(=O)/C=C/c1ccc(N)cc1. The number of esters is 1. The smallest absolute Gasteiger partial charge is 0.330 e. The highest BCUT2D eigenvalue weighted by molar-refractivity contribution is 5.87. The predicted octanol–water partition coefficient (Wildman–Crippen LogP) is 2.24. The molecule has 2 N–H and O–H groups in total. The Morgan fingerprint density at radius 3 is 2.67 bits per heavy atom. The van der Waals surface area contributed by atoms with E-state index in [2.05, 4.69) is 0 Å². The van der Waals surface area contributed by atoms with Crippen LogP contribution in [0.4, 0.5) is 5.69 Å². The van der Waals surface area contributed by atoms with E-state index in [0.717, 1.165) is 12.0 Å². The Labute approximate surface area is 89.5 Å². The molecule has 0 saturated heterocycles. The van der Waals surface area contributed by atoms with Crippen molar-refractivity contribution in [2.75, 3.05) is 12.3 Å². The summed E-state index contributed by atoms with van der Waals surface area (Å²) >= 11 is 0. The van der Waals surface area contributed by atoms with E-state index in [9.17, 15) is 4.79 Å². The Bertz CT molecular complexity index is 341. The Balaban J connectivity index is 2.50. The number of nitrogens with two attached hydrogens (primary N) is 1. The molecule has 3 nitrogen and oxygen atoms in total. The van der Waals surface area contributed by atoms with Gasteiger partial charge in [-0.2, -0.15) is 0 Å². The molecule has 1 aromatic carbocycles. The zero-order chi connectivity index (χ0) is 11.1. The molecule has 0 spiro atoms. The number of carbonyl (C=O) groups excluding carboxylic acids is 1. The lowest BCUT2D eigenvalue weighted by molar-refractivity contribution is -0.137. The minimum absolute atomic E-state index is 0.311. The first kappa shape index (κ1) is 11.3. The lowest BCUT2D eigenvalue weighted by Crippen LogP contribution is -2.00. The summed E-state index contributed by atoms with van der Waals surface area (Å²) in [6.07, 6.45) is 3.96. The first-order valence-electron chi connectivity index (χ1n) is 4.92. The van der Waals surface area contributed by atoms with Crippen molar-refractivity contribution in [3.8, 4) is 0 Å². The van der Waals surface area contributed by atoms with Crippen LogP contribution in [0.1, 0.15) is 18.9 Å². The van der Waals surface area contributed by atoms with Crippen LogP contribution in [0.2, 0.25) is 0 Å². The first-order valence-corrected chi connectivity index (χ1v) is 4.92. The van der Waals surface area contributed by atoms with Gasteiger partial charge in [0, 0.05) is 11.8 Å². The highest BCUT2D eigenvalue weighted by atomic mass is 16.5. The maximum atomic E-state index is 11.1. The third-order valence-electron chi connectivity index (χ3n) is 1.80. The van der Waals surface area contributed by atoms with Crippen LogP contribution in [-0.4, -0.2) is 12.6 Å². The minimum atomic E-state index is -0.311. The number of benzene rings is 1. The number of carbonyl (C=O) groups is 1. The van der Waals surface area contributed by atoms with Crippen molar-refractivity contribution in [3.05, 3.63) is 35.9 Å². The molecule has 0 aliphatic carbocycles. The summed E-state index contributed by atoms with van der Waals surface area (Å²) in [5.74, 6) is -0.311. The zero-order valence-corrected chi connectivity index (χ0v) is 8.77. The van der Waals surface area contributed by atoms with Crippen LogP contribution in [0.5, 0.6) is 0 Å². The van der Waals surface area contributed by atoms with E-state index < -0.39 is 0 Å². The molecular weight excluding hydrogens is 190 g/mol. The molecule has 0 bridgehead atoms. The molecular formula is C12H15NO2. The Hall–Kier alpha value is -1.77. The number of ether oxygens (including phenoxy) is 1. The van der Waals surface area contributed by atoms with E-state index in [1.807, 2.05) is 19.1 Å². The molecule has 3 heteroatoms. The lowest BCUT2D eigenvalue weighted by atomic mass is 10.2. The van der Waals surface area contributed by atoms with Gasteiger partial charge >= 0.3 is 5.97 Å². The summed E-state index contributed by atoms with van der Waals surface area (Å²) in [5.41, 5.74) is 7.17. The number of hydrogen-bond acceptors (Lipinski definition) is 3. The van der Waals surface area contributed by atoms with Crippen LogP contribution < -0.4 is 5.73 Å². The first-order chi connectivity index (χ1) is 7.22. The largest absolute Gasteiger partial charge is 0.463 e. The van der Waals surface area contributed by atoms with Crippen molar-refractivity contribution in [3.63, 3.8) is 0 Å². The second-order valence-electron chi connectivity index (χ2n) is 3.17. The summed E-state index contributed by atoms with van der Waals surface area (Å²) in [5, 5.41) is 0. The van der Waals surface area contributed by atoms with Crippen molar-refractivity contribution >= 4 is 17.7 Å². The number of hydrogen-bond donors (Lipinski definition) is 1. The van der Waals surface area contributed by atoms with Gasteiger partial charge < -0.3 is 10.5 Å². The molecule has 0 aliphatic heterocycles. The minimum Gasteiger partial charge on any atom is -0.463 e. The van der Waals surface area contributed by atoms with E-state index >= 15 is 0 Å². The van der Waals surface area contributed by atoms with Gasteiger partial charge in [0.1, 0.15) is 0 Å². The predicted molar refractivity (Wildman–Crippen MR) is 61.1 cm³/mol. The van der Waals surface area contributed by atoms with Gasteiger partial charge in [-0.15, -0.1) is 0 Å². The molecule has 1 rings (SSSR count). The fraction of sp³-hybridized carbons (Fsp3) is 0.250. The van der Waals surface area contributed by atoms with E-state index in [1.54, 1.807) is 18.2 Å². The third kappa shape index (κ3) is 4.31. The normalized spacial score (nSPS) is 10.5. The van der Waals surface area contributed by atoms with Gasteiger partial charge in [0.15, 0.2) is 0 Å². The summed E-state index contributed by atoms with van der Waals surface area (Å²) in [4.78, 5) is 11.1. The average molecular weight is 205 g/mol. The summed E-state index contributed by atoms with van der Waals surface area (Å²) in [6.45, 7) is 2.42. The zero-order valence-electron chi connectivity index (χ0n) is 8.77. The second-order valence-corrected chi connectivity index (χ2v) is 3.17. The fourth-order valence-corrected chi connectivity index (χ4v) is 1.02. The van der Waals surface area contributed by atoms with Crippen LogP contribution in [0.25, 0.3) is 6.08 Å². The van der Waals surface area contributed by atoms with Gasteiger partial charge in [-0.3, -0.25) is 0 Å². The summed E-state index contributed by atoms with van der Waals surface area (Å²) in [7, 11) is 0. The van der Waals surface area contributed by atoms with Crippen molar-refractivity contribution in [1.29, 1.82) is 0 Å². The molecule has 0 radical (unpaired) electrons. The highest BCUT2D eigenvalue weighted by Crippen LogP contribution is 2.06. The summed E-state index contributed by atoms with van der Waals surface area (Å²) in [6, 6.07) is 7.27. The Morgan fingerprint density at radius 1 is 1.40 bits per heavy atom. The highest BCUT2D eigenvalue weighted by Gasteiger charge is 1.94. The molecule has 1 aromatic rings. The monoisotopic (exact) mass is 205 g/mol. The van der Waals surface area contributed by atoms with Gasteiger partial charge in [-0.1, -0.05) is 19.1 Å². The van der Waals surface area contributed by atoms with E-state index in [4.69, 9.17) is 10.5 Å². The van der Waals surface area contributed by atoms with Crippen molar-refractivity contribution in [2.24, 2.45) is 0 Å². The van der Waals surface area contributed by atoms with Crippen molar-refractivity contribution in [1.82, 2.24) is 0 Å². The van der Waals surface area contributed by atoms with Crippen LogP contribution >= 0.6 is 0 Å². The van der Waals surface area contributed by atoms with Crippen molar-refractivity contribution in [2.45, 2.75) is 13.3 Å². The van der Waals surface area contributed by atoms with Gasteiger partial charge in [-0.25, -0.2) is 4.79 Å². The van der Waals surface area contributed by atoms with Gasteiger partial charge in [-0.05, 0) is 30.2 Å². The van der Waals surface area contributed by atoms with Gasteiger partial charge in [0.25, 0.3) is 0 Å². The van der Waals surface area contributed by atoms with Crippen LogP contribution in [-0.2, 0) is 9.53 Å². The van der Waals surface area contributed by atoms with E-state index in [1.165, 1.54) is 6.08 Å². The lowest BCUT2D eigenvalue weighted by Gasteiger charge is -1.97. The molecule has 0 aromatic heterocycles. The third-order valence-corrected chi connectivity index (χ3v) is 1.80.